The summed E-state index contributed by atoms with van der Waals surface area (Å²) in [4.78, 5) is 2.57. The molecule has 0 atom stereocenters. The lowest BCUT2D eigenvalue weighted by Crippen LogP contribution is -2.60. The van der Waals surface area contributed by atoms with Crippen molar-refractivity contribution in [3.8, 4) is 39.1 Å². The van der Waals surface area contributed by atoms with Gasteiger partial charge in [-0.05, 0) is 98.0 Å². The quantitative estimate of drug-likeness (QED) is 0.179. The van der Waals surface area contributed by atoms with Gasteiger partial charge in [0.15, 0.2) is 0 Å². The lowest BCUT2D eigenvalue weighted by Gasteiger charge is -2.42. The fourth-order valence-electron chi connectivity index (χ4n) is 8.67. The van der Waals surface area contributed by atoms with Gasteiger partial charge in [0.05, 0.1) is 11.0 Å². The number of hydrogen-bond donors (Lipinski definition) is 0. The van der Waals surface area contributed by atoms with Gasteiger partial charge in [0.2, 0.25) is 0 Å². The van der Waals surface area contributed by atoms with Gasteiger partial charge in [0, 0.05) is 33.4 Å². The first-order valence-corrected chi connectivity index (χ1v) is 17.1. The predicted molar refractivity (Wildman–Crippen MR) is 208 cm³/mol. The second-order valence-corrected chi connectivity index (χ2v) is 13.3. The Labute approximate surface area is 285 Å². The molecule has 49 heavy (non-hydrogen) atoms. The Kier molecular flexibility index (Phi) is 5.50. The monoisotopic (exact) mass is 620 g/mol. The fourth-order valence-corrected chi connectivity index (χ4v) is 8.67. The van der Waals surface area contributed by atoms with Crippen LogP contribution in [0.3, 0.4) is 0 Å². The molecule has 0 radical (unpaired) electrons. The zero-order valence-electron chi connectivity index (χ0n) is 26.7. The highest BCUT2D eigenvalue weighted by Crippen LogP contribution is 2.48. The Morgan fingerprint density at radius 3 is 1.92 bits per heavy atom. The van der Waals surface area contributed by atoms with Gasteiger partial charge >= 0.3 is 6.85 Å². The van der Waals surface area contributed by atoms with E-state index in [1.165, 1.54) is 93.9 Å². The van der Waals surface area contributed by atoms with Crippen molar-refractivity contribution >= 4 is 61.7 Å². The maximum absolute atomic E-state index is 2.57. The van der Waals surface area contributed by atoms with Crippen LogP contribution in [0.4, 0.5) is 11.4 Å². The maximum atomic E-state index is 2.57. The van der Waals surface area contributed by atoms with Gasteiger partial charge < -0.3 is 9.38 Å². The maximum Gasteiger partial charge on any atom is 0.333 e. The van der Waals surface area contributed by atoms with Crippen LogP contribution in [-0.4, -0.2) is 11.4 Å². The van der Waals surface area contributed by atoms with E-state index in [0.29, 0.717) is 0 Å². The number of benzene rings is 8. The standard InChI is InChI=1S/C46H29BN2/c1-3-14-30(15-4-1)31-18-13-19-34(26-31)37-29-38-36-22-9-11-24-41(36)49(35-20-5-2-6-21-35)47-40-23-10-12-25-42(40)48-43-28-33-17-8-7-16-32(33)27-39(43)44(37)46(48)45(38)47/h1-29H. The SMILES string of the molecule is c1ccc(-c2cccc(-c3cc4c5c6c3c3cc7ccccc7cc3n6-c3ccccc3B5N(c3ccccc3)c3ccccc3-4)c2)cc1. The van der Waals surface area contributed by atoms with Crippen LogP contribution >= 0.6 is 0 Å². The van der Waals surface area contributed by atoms with Gasteiger partial charge in [-0.15, -0.1) is 0 Å². The Morgan fingerprint density at radius 1 is 0.429 bits per heavy atom. The molecule has 0 aliphatic carbocycles. The summed E-state index contributed by atoms with van der Waals surface area (Å²) in [6, 6.07) is 64.9. The molecule has 1 aromatic heterocycles. The number of para-hydroxylation sites is 3. The summed E-state index contributed by atoms with van der Waals surface area (Å²) in [5, 5.41) is 5.12. The summed E-state index contributed by atoms with van der Waals surface area (Å²) >= 11 is 0. The van der Waals surface area contributed by atoms with E-state index in [1.807, 2.05) is 0 Å². The summed E-state index contributed by atoms with van der Waals surface area (Å²) in [5.74, 6) is 0. The number of anilines is 2. The third-order valence-electron chi connectivity index (χ3n) is 10.7. The molecule has 2 aliphatic heterocycles. The summed E-state index contributed by atoms with van der Waals surface area (Å²) in [5.41, 5.74) is 16.5. The number of hydrogen-bond acceptors (Lipinski definition) is 1. The molecule has 0 saturated carbocycles. The normalized spacial score (nSPS) is 12.8. The summed E-state index contributed by atoms with van der Waals surface area (Å²) in [7, 11) is 0. The molecule has 0 N–H and O–H groups in total. The Balaban J connectivity index is 1.35. The fraction of sp³-hybridized carbons (Fsp3) is 0. The minimum Gasteiger partial charge on any atom is -0.376 e. The van der Waals surface area contributed by atoms with Crippen LogP contribution in [0.2, 0.25) is 0 Å². The van der Waals surface area contributed by atoms with Crippen LogP contribution in [0.5, 0.6) is 0 Å². The minimum atomic E-state index is 0.0157. The molecule has 0 unspecified atom stereocenters. The van der Waals surface area contributed by atoms with E-state index < -0.39 is 0 Å². The summed E-state index contributed by atoms with van der Waals surface area (Å²) < 4.78 is 2.57. The van der Waals surface area contributed by atoms with E-state index in [0.717, 1.165) is 0 Å². The van der Waals surface area contributed by atoms with Crippen molar-refractivity contribution in [2.24, 2.45) is 0 Å². The molecule has 3 heteroatoms. The predicted octanol–water partition coefficient (Wildman–Crippen LogP) is 10.5. The molecule has 0 saturated heterocycles. The van der Waals surface area contributed by atoms with E-state index in [4.69, 9.17) is 0 Å². The zero-order valence-corrected chi connectivity index (χ0v) is 26.7. The second kappa shape index (κ2) is 10.1. The average Bonchev–Trinajstić information content (AvgIpc) is 3.51. The topological polar surface area (TPSA) is 8.17 Å². The average molecular weight is 621 g/mol. The van der Waals surface area contributed by atoms with Crippen molar-refractivity contribution < 1.29 is 0 Å². The minimum absolute atomic E-state index is 0.0157. The Morgan fingerprint density at radius 2 is 1.08 bits per heavy atom. The first-order valence-electron chi connectivity index (χ1n) is 17.1. The molecule has 226 valence electrons. The summed E-state index contributed by atoms with van der Waals surface area (Å²) in [6.45, 7) is 0.0157. The van der Waals surface area contributed by atoms with Gasteiger partial charge in [0.25, 0.3) is 0 Å². The van der Waals surface area contributed by atoms with Gasteiger partial charge in [-0.1, -0.05) is 127 Å². The lowest BCUT2D eigenvalue weighted by molar-refractivity contribution is 1.18. The first kappa shape index (κ1) is 26.7. The van der Waals surface area contributed by atoms with E-state index in [-0.39, 0.29) is 6.85 Å². The van der Waals surface area contributed by atoms with Crippen molar-refractivity contribution in [2.45, 2.75) is 0 Å². The van der Waals surface area contributed by atoms with E-state index >= 15 is 0 Å². The molecule has 2 aliphatic rings. The first-order chi connectivity index (χ1) is 24.3. The third kappa shape index (κ3) is 3.73. The van der Waals surface area contributed by atoms with Crippen LogP contribution in [0.1, 0.15) is 0 Å². The Bertz CT molecular complexity index is 2780. The highest BCUT2D eigenvalue weighted by molar-refractivity contribution is 6.93. The van der Waals surface area contributed by atoms with Crippen molar-refractivity contribution in [3.05, 3.63) is 176 Å². The second-order valence-electron chi connectivity index (χ2n) is 13.3. The van der Waals surface area contributed by atoms with E-state index in [1.54, 1.807) is 0 Å². The molecule has 9 aromatic rings. The van der Waals surface area contributed by atoms with Crippen molar-refractivity contribution in [1.29, 1.82) is 0 Å². The van der Waals surface area contributed by atoms with Gasteiger partial charge in [0.1, 0.15) is 0 Å². The van der Waals surface area contributed by atoms with Crippen LogP contribution < -0.4 is 15.7 Å². The van der Waals surface area contributed by atoms with E-state index in [9.17, 15) is 0 Å². The highest BCUT2D eigenvalue weighted by Gasteiger charge is 2.44. The van der Waals surface area contributed by atoms with Crippen molar-refractivity contribution in [2.75, 3.05) is 4.81 Å². The number of fused-ring (bicyclic) bond motifs is 9. The smallest absolute Gasteiger partial charge is 0.333 e. The highest BCUT2D eigenvalue weighted by atomic mass is 15.1. The van der Waals surface area contributed by atoms with E-state index in [2.05, 4.69) is 185 Å². The zero-order chi connectivity index (χ0) is 32.1. The third-order valence-corrected chi connectivity index (χ3v) is 10.7. The molecule has 0 fully saturated rings. The molecule has 8 aromatic carbocycles. The van der Waals surface area contributed by atoms with Gasteiger partial charge in [-0.3, -0.25) is 0 Å². The molecular formula is C46H29BN2. The van der Waals surface area contributed by atoms with Gasteiger partial charge in [-0.2, -0.15) is 0 Å². The molecule has 0 bridgehead atoms. The summed E-state index contributed by atoms with van der Waals surface area (Å²) in [6.07, 6.45) is 0. The molecule has 0 spiro atoms. The number of nitrogens with zero attached hydrogens (tertiary/aromatic N) is 2. The number of aromatic nitrogens is 1. The lowest BCUT2D eigenvalue weighted by atomic mass is 9.44. The van der Waals surface area contributed by atoms with Crippen molar-refractivity contribution in [1.82, 2.24) is 4.57 Å². The number of rotatable bonds is 3. The molecule has 0 amide bonds. The molecule has 3 heterocycles. The van der Waals surface area contributed by atoms with Crippen LogP contribution in [0, 0.1) is 0 Å². The van der Waals surface area contributed by atoms with Crippen LogP contribution in [-0.2, 0) is 0 Å². The Hall–Kier alpha value is -6.32. The molecular weight excluding hydrogens is 591 g/mol. The van der Waals surface area contributed by atoms with Crippen LogP contribution in [0.15, 0.2) is 176 Å². The van der Waals surface area contributed by atoms with Crippen molar-refractivity contribution in [3.63, 3.8) is 0 Å². The van der Waals surface area contributed by atoms with Crippen LogP contribution in [0.25, 0.3) is 71.6 Å². The molecule has 2 nitrogen and oxygen atoms in total. The van der Waals surface area contributed by atoms with Gasteiger partial charge in [-0.25, -0.2) is 0 Å². The molecule has 11 rings (SSSR count). The largest absolute Gasteiger partial charge is 0.376 e.